The molecule has 1 rings (SSSR count). The lowest BCUT2D eigenvalue weighted by Gasteiger charge is -2.12. The Kier molecular flexibility index (Phi) is 5.73. The SMILES string of the molecule is CCNc1ncnc(NCCCC(C)C)c1C. The first-order chi connectivity index (χ1) is 8.15. The molecular formula is C13H24N4. The fraction of sp³-hybridized carbons (Fsp3) is 0.692. The zero-order valence-corrected chi connectivity index (χ0v) is 11.4. The molecule has 17 heavy (non-hydrogen) atoms. The van der Waals surface area contributed by atoms with Crippen LogP contribution in [0.2, 0.25) is 0 Å². The van der Waals surface area contributed by atoms with Gasteiger partial charge in [0.15, 0.2) is 0 Å². The summed E-state index contributed by atoms with van der Waals surface area (Å²) in [6.45, 7) is 10.5. The fourth-order valence-corrected chi connectivity index (χ4v) is 1.69. The molecule has 1 heterocycles. The summed E-state index contributed by atoms with van der Waals surface area (Å²) in [5, 5.41) is 6.61. The lowest BCUT2D eigenvalue weighted by molar-refractivity contribution is 0.566. The third kappa shape index (κ3) is 4.59. The van der Waals surface area contributed by atoms with Gasteiger partial charge in [-0.15, -0.1) is 0 Å². The molecule has 1 aromatic rings. The van der Waals surface area contributed by atoms with E-state index in [0.29, 0.717) is 0 Å². The molecule has 0 atom stereocenters. The summed E-state index contributed by atoms with van der Waals surface area (Å²) in [4.78, 5) is 8.50. The second-order valence-corrected chi connectivity index (χ2v) is 4.69. The van der Waals surface area contributed by atoms with E-state index in [-0.39, 0.29) is 0 Å². The number of nitrogens with zero attached hydrogens (tertiary/aromatic N) is 2. The van der Waals surface area contributed by atoms with Crippen LogP contribution in [0.5, 0.6) is 0 Å². The summed E-state index contributed by atoms with van der Waals surface area (Å²) in [5.74, 6) is 2.63. The van der Waals surface area contributed by atoms with Crippen molar-refractivity contribution < 1.29 is 0 Å². The van der Waals surface area contributed by atoms with Crippen molar-refractivity contribution in [1.29, 1.82) is 0 Å². The second kappa shape index (κ2) is 7.09. The molecule has 0 aliphatic rings. The quantitative estimate of drug-likeness (QED) is 0.714. The summed E-state index contributed by atoms with van der Waals surface area (Å²) in [6.07, 6.45) is 4.03. The lowest BCUT2D eigenvalue weighted by Crippen LogP contribution is -2.09. The van der Waals surface area contributed by atoms with Gasteiger partial charge in [0.25, 0.3) is 0 Å². The number of anilines is 2. The van der Waals surface area contributed by atoms with Gasteiger partial charge in [-0.3, -0.25) is 0 Å². The standard InChI is InChI=1S/C13H24N4/c1-5-14-12-11(4)13(17-9-16-12)15-8-6-7-10(2)3/h9-10H,5-8H2,1-4H3,(H2,14,15,16,17). The molecule has 4 heteroatoms. The molecule has 0 saturated heterocycles. The molecule has 0 aliphatic heterocycles. The van der Waals surface area contributed by atoms with Crippen LogP contribution in [0.25, 0.3) is 0 Å². The van der Waals surface area contributed by atoms with Crippen LogP contribution in [0.15, 0.2) is 6.33 Å². The van der Waals surface area contributed by atoms with Crippen molar-refractivity contribution in [3.05, 3.63) is 11.9 Å². The molecule has 0 amide bonds. The zero-order chi connectivity index (χ0) is 12.7. The van der Waals surface area contributed by atoms with E-state index in [0.717, 1.165) is 36.2 Å². The van der Waals surface area contributed by atoms with Crippen molar-refractivity contribution in [2.45, 2.75) is 40.5 Å². The zero-order valence-electron chi connectivity index (χ0n) is 11.4. The summed E-state index contributed by atoms with van der Waals surface area (Å²) < 4.78 is 0. The van der Waals surface area contributed by atoms with Crippen LogP contribution >= 0.6 is 0 Å². The minimum absolute atomic E-state index is 0.764. The third-order valence-electron chi connectivity index (χ3n) is 2.68. The number of hydrogen-bond donors (Lipinski definition) is 2. The molecule has 96 valence electrons. The predicted octanol–water partition coefficient (Wildman–Crippen LogP) is 3.06. The Bertz CT molecular complexity index is 336. The molecule has 4 nitrogen and oxygen atoms in total. The Morgan fingerprint density at radius 2 is 1.82 bits per heavy atom. The third-order valence-corrected chi connectivity index (χ3v) is 2.68. The van der Waals surface area contributed by atoms with Crippen LogP contribution in [0.4, 0.5) is 11.6 Å². The van der Waals surface area contributed by atoms with Crippen LogP contribution in [0.1, 0.15) is 39.2 Å². The van der Waals surface area contributed by atoms with Gasteiger partial charge in [0.05, 0.1) is 0 Å². The molecule has 0 radical (unpaired) electrons. The van der Waals surface area contributed by atoms with E-state index in [2.05, 4.69) is 41.4 Å². The maximum atomic E-state index is 4.28. The highest BCUT2D eigenvalue weighted by molar-refractivity contribution is 5.56. The number of aromatic nitrogens is 2. The highest BCUT2D eigenvalue weighted by Gasteiger charge is 2.05. The van der Waals surface area contributed by atoms with E-state index in [1.807, 2.05) is 6.92 Å². The van der Waals surface area contributed by atoms with Crippen LogP contribution in [-0.2, 0) is 0 Å². The van der Waals surface area contributed by atoms with E-state index in [1.165, 1.54) is 12.8 Å². The van der Waals surface area contributed by atoms with Crippen molar-refractivity contribution in [2.24, 2.45) is 5.92 Å². The van der Waals surface area contributed by atoms with Gasteiger partial charge in [0.1, 0.15) is 18.0 Å². The smallest absolute Gasteiger partial charge is 0.134 e. The molecule has 2 N–H and O–H groups in total. The van der Waals surface area contributed by atoms with E-state index in [1.54, 1.807) is 6.33 Å². The summed E-state index contributed by atoms with van der Waals surface area (Å²) >= 11 is 0. The number of hydrogen-bond acceptors (Lipinski definition) is 4. The summed E-state index contributed by atoms with van der Waals surface area (Å²) in [5.41, 5.74) is 1.10. The first-order valence-corrected chi connectivity index (χ1v) is 6.44. The molecule has 0 saturated carbocycles. The first kappa shape index (κ1) is 13.7. The minimum atomic E-state index is 0.764. The Hall–Kier alpha value is -1.32. The lowest BCUT2D eigenvalue weighted by atomic mass is 10.1. The van der Waals surface area contributed by atoms with Crippen LogP contribution in [-0.4, -0.2) is 23.1 Å². The molecule has 0 unspecified atom stereocenters. The van der Waals surface area contributed by atoms with Gasteiger partial charge in [0, 0.05) is 18.7 Å². The average molecular weight is 236 g/mol. The molecule has 0 bridgehead atoms. The summed E-state index contributed by atoms with van der Waals surface area (Å²) in [6, 6.07) is 0. The van der Waals surface area contributed by atoms with Gasteiger partial charge in [0.2, 0.25) is 0 Å². The number of nitrogens with one attached hydrogen (secondary N) is 2. The molecule has 0 aromatic carbocycles. The van der Waals surface area contributed by atoms with Gasteiger partial charge >= 0.3 is 0 Å². The van der Waals surface area contributed by atoms with Crippen molar-refractivity contribution >= 4 is 11.6 Å². The van der Waals surface area contributed by atoms with E-state index in [9.17, 15) is 0 Å². The van der Waals surface area contributed by atoms with Crippen molar-refractivity contribution in [3.63, 3.8) is 0 Å². The Morgan fingerprint density at radius 1 is 1.18 bits per heavy atom. The van der Waals surface area contributed by atoms with Gasteiger partial charge in [-0.2, -0.15) is 0 Å². The minimum Gasteiger partial charge on any atom is -0.370 e. The van der Waals surface area contributed by atoms with E-state index < -0.39 is 0 Å². The van der Waals surface area contributed by atoms with E-state index in [4.69, 9.17) is 0 Å². The van der Waals surface area contributed by atoms with Crippen molar-refractivity contribution in [3.8, 4) is 0 Å². The van der Waals surface area contributed by atoms with Gasteiger partial charge < -0.3 is 10.6 Å². The van der Waals surface area contributed by atoms with Crippen molar-refractivity contribution in [1.82, 2.24) is 9.97 Å². The van der Waals surface area contributed by atoms with Crippen LogP contribution in [0.3, 0.4) is 0 Å². The van der Waals surface area contributed by atoms with Crippen molar-refractivity contribution in [2.75, 3.05) is 23.7 Å². The highest BCUT2D eigenvalue weighted by Crippen LogP contribution is 2.17. The maximum Gasteiger partial charge on any atom is 0.134 e. The first-order valence-electron chi connectivity index (χ1n) is 6.44. The molecule has 0 spiro atoms. The molecule has 0 fully saturated rings. The van der Waals surface area contributed by atoms with Crippen LogP contribution < -0.4 is 10.6 Å². The molecule has 1 aromatic heterocycles. The number of rotatable bonds is 7. The highest BCUT2D eigenvalue weighted by atomic mass is 15.1. The Morgan fingerprint density at radius 3 is 2.41 bits per heavy atom. The van der Waals surface area contributed by atoms with Gasteiger partial charge in [-0.25, -0.2) is 9.97 Å². The van der Waals surface area contributed by atoms with Gasteiger partial charge in [-0.05, 0) is 32.6 Å². The van der Waals surface area contributed by atoms with Gasteiger partial charge in [-0.1, -0.05) is 13.8 Å². The topological polar surface area (TPSA) is 49.8 Å². The van der Waals surface area contributed by atoms with E-state index >= 15 is 0 Å². The fourth-order valence-electron chi connectivity index (χ4n) is 1.69. The molecular weight excluding hydrogens is 212 g/mol. The average Bonchev–Trinajstić information content (AvgIpc) is 2.29. The molecule has 0 aliphatic carbocycles. The largest absolute Gasteiger partial charge is 0.370 e. The Labute approximate surface area is 104 Å². The monoisotopic (exact) mass is 236 g/mol. The second-order valence-electron chi connectivity index (χ2n) is 4.69. The normalized spacial score (nSPS) is 10.6. The summed E-state index contributed by atoms with van der Waals surface area (Å²) in [7, 11) is 0. The Balaban J connectivity index is 2.50. The van der Waals surface area contributed by atoms with Crippen LogP contribution in [0, 0.1) is 12.8 Å². The maximum absolute atomic E-state index is 4.28. The predicted molar refractivity (Wildman–Crippen MR) is 73.5 cm³/mol.